The molecule has 4 heteroatoms. The Bertz CT molecular complexity index is 71.9. The van der Waals surface area contributed by atoms with Gasteiger partial charge in [0.05, 0.1) is 0 Å². The SMILES string of the molecule is O=NC(=O)CP. The van der Waals surface area contributed by atoms with Gasteiger partial charge in [0, 0.05) is 11.3 Å². The Balaban J connectivity index is 3.23. The molecule has 0 bridgehead atoms. The zero-order chi connectivity index (χ0) is 4.99. The Kier molecular flexibility index (Phi) is 2.77. The third kappa shape index (κ3) is 1.97. The van der Waals surface area contributed by atoms with Crippen LogP contribution >= 0.6 is 9.24 Å². The number of hydrogen-bond donors (Lipinski definition) is 0. The fourth-order valence-electron chi connectivity index (χ4n) is 0.0373. The van der Waals surface area contributed by atoms with E-state index in [0.717, 1.165) is 0 Å². The lowest BCUT2D eigenvalue weighted by Crippen LogP contribution is -1.88. The summed E-state index contributed by atoms with van der Waals surface area (Å²) in [6.07, 6.45) is 0.128. The van der Waals surface area contributed by atoms with E-state index in [-0.39, 0.29) is 6.16 Å². The minimum Gasteiger partial charge on any atom is -0.269 e. The van der Waals surface area contributed by atoms with E-state index in [0.29, 0.717) is 0 Å². The van der Waals surface area contributed by atoms with E-state index < -0.39 is 5.91 Å². The van der Waals surface area contributed by atoms with Crippen molar-refractivity contribution in [2.24, 2.45) is 5.18 Å². The maximum absolute atomic E-state index is 9.68. The lowest BCUT2D eigenvalue weighted by Gasteiger charge is -1.69. The Hall–Kier alpha value is -0.300. The monoisotopic (exact) mass is 105 g/mol. The zero-order valence-electron chi connectivity index (χ0n) is 3.05. The molecule has 0 heterocycles. The standard InChI is InChI=1S/C2H4NO2P/c4-2(1-6)3-5/h1,6H2. The zero-order valence-corrected chi connectivity index (χ0v) is 4.20. The van der Waals surface area contributed by atoms with Crippen LogP contribution in [0.15, 0.2) is 5.18 Å². The number of nitrogens with zero attached hydrogens (tertiary/aromatic N) is 1. The highest BCUT2D eigenvalue weighted by Gasteiger charge is 1.89. The molecule has 0 saturated heterocycles. The number of amides is 1. The predicted molar refractivity (Wildman–Crippen MR) is 25.4 cm³/mol. The van der Waals surface area contributed by atoms with E-state index >= 15 is 0 Å². The number of carbonyl (C=O) groups excluding carboxylic acids is 1. The van der Waals surface area contributed by atoms with Crippen molar-refractivity contribution in [1.29, 1.82) is 0 Å². The minimum atomic E-state index is -0.625. The second kappa shape index (κ2) is 2.91. The lowest BCUT2D eigenvalue weighted by molar-refractivity contribution is -0.115. The van der Waals surface area contributed by atoms with Gasteiger partial charge in [0.25, 0.3) is 5.91 Å². The normalized spacial score (nSPS) is 7.50. The fourth-order valence-corrected chi connectivity index (χ4v) is 0.112. The average molecular weight is 105 g/mol. The van der Waals surface area contributed by atoms with Crippen LogP contribution in [0.5, 0.6) is 0 Å². The Labute approximate surface area is 37.3 Å². The molecule has 1 unspecified atom stereocenters. The molecule has 6 heavy (non-hydrogen) atoms. The summed E-state index contributed by atoms with van der Waals surface area (Å²) in [5.74, 6) is -0.625. The van der Waals surface area contributed by atoms with Crippen LogP contribution in [0.4, 0.5) is 0 Å². The molecular weight excluding hydrogens is 101 g/mol. The maximum Gasteiger partial charge on any atom is 0.290 e. The van der Waals surface area contributed by atoms with Crippen LogP contribution in [-0.4, -0.2) is 12.1 Å². The van der Waals surface area contributed by atoms with Gasteiger partial charge in [-0.15, -0.1) is 14.1 Å². The van der Waals surface area contributed by atoms with Crippen LogP contribution in [0.2, 0.25) is 0 Å². The van der Waals surface area contributed by atoms with Crippen molar-refractivity contribution in [3.63, 3.8) is 0 Å². The third-order valence-electron chi connectivity index (χ3n) is 0.276. The molecule has 1 amide bonds. The quantitative estimate of drug-likeness (QED) is 0.352. The van der Waals surface area contributed by atoms with Gasteiger partial charge in [0.2, 0.25) is 0 Å². The molecular formula is C2H4NO2P. The Morgan fingerprint density at radius 2 is 2.33 bits per heavy atom. The first-order chi connectivity index (χ1) is 2.81. The van der Waals surface area contributed by atoms with E-state index in [1.807, 2.05) is 0 Å². The molecule has 0 aliphatic rings. The third-order valence-corrected chi connectivity index (χ3v) is 0.626. The van der Waals surface area contributed by atoms with Crippen LogP contribution in [0.1, 0.15) is 0 Å². The average Bonchev–Trinajstić information content (AvgIpc) is 1.65. The maximum atomic E-state index is 9.68. The van der Waals surface area contributed by atoms with Crippen molar-refractivity contribution in [1.82, 2.24) is 0 Å². The van der Waals surface area contributed by atoms with E-state index in [1.54, 1.807) is 0 Å². The Morgan fingerprint density at radius 1 is 1.83 bits per heavy atom. The first kappa shape index (κ1) is 5.70. The van der Waals surface area contributed by atoms with Crippen molar-refractivity contribution in [3.8, 4) is 0 Å². The largest absolute Gasteiger partial charge is 0.290 e. The highest BCUT2D eigenvalue weighted by molar-refractivity contribution is 7.18. The fraction of sp³-hybridized carbons (Fsp3) is 0.500. The molecule has 0 aromatic carbocycles. The second-order valence-electron chi connectivity index (χ2n) is 0.689. The summed E-state index contributed by atoms with van der Waals surface area (Å²) in [7, 11) is 2.10. The van der Waals surface area contributed by atoms with Gasteiger partial charge in [-0.05, 0) is 0 Å². The summed E-state index contributed by atoms with van der Waals surface area (Å²) in [6.45, 7) is 0. The number of rotatable bonds is 1. The molecule has 0 aliphatic carbocycles. The van der Waals surface area contributed by atoms with Crippen molar-refractivity contribution >= 4 is 15.1 Å². The molecule has 0 spiro atoms. The highest BCUT2D eigenvalue weighted by Crippen LogP contribution is 1.80. The van der Waals surface area contributed by atoms with Crippen molar-refractivity contribution in [3.05, 3.63) is 4.91 Å². The molecule has 0 rings (SSSR count). The topological polar surface area (TPSA) is 46.5 Å². The smallest absolute Gasteiger partial charge is 0.269 e. The van der Waals surface area contributed by atoms with Crippen LogP contribution in [0.25, 0.3) is 0 Å². The summed E-state index contributed by atoms with van der Waals surface area (Å²) in [5.41, 5.74) is 0. The number of nitroso groups, excluding NO2 is 1. The van der Waals surface area contributed by atoms with Gasteiger partial charge >= 0.3 is 0 Å². The lowest BCUT2D eigenvalue weighted by atomic mass is 10.8. The summed E-state index contributed by atoms with van der Waals surface area (Å²) in [5, 5.41) is 2.10. The molecule has 3 nitrogen and oxygen atoms in total. The first-order valence-corrected chi connectivity index (χ1v) is 2.19. The van der Waals surface area contributed by atoms with E-state index in [1.165, 1.54) is 0 Å². The van der Waals surface area contributed by atoms with Crippen molar-refractivity contribution < 1.29 is 4.79 Å². The van der Waals surface area contributed by atoms with Crippen LogP contribution in [0, 0.1) is 4.91 Å². The summed E-state index contributed by atoms with van der Waals surface area (Å²) in [4.78, 5) is 18.8. The summed E-state index contributed by atoms with van der Waals surface area (Å²) in [6, 6.07) is 0. The van der Waals surface area contributed by atoms with Crippen LogP contribution in [0.3, 0.4) is 0 Å². The molecule has 1 atom stereocenters. The van der Waals surface area contributed by atoms with Gasteiger partial charge in [0.15, 0.2) is 0 Å². The second-order valence-corrected chi connectivity index (χ2v) is 1.10. The van der Waals surface area contributed by atoms with Crippen LogP contribution in [-0.2, 0) is 4.79 Å². The highest BCUT2D eigenvalue weighted by atomic mass is 31.0. The Morgan fingerprint density at radius 3 is 2.33 bits per heavy atom. The van der Waals surface area contributed by atoms with Crippen molar-refractivity contribution in [2.75, 3.05) is 6.16 Å². The molecule has 0 aromatic rings. The summed E-state index contributed by atoms with van der Waals surface area (Å²) >= 11 is 0. The molecule has 34 valence electrons. The van der Waals surface area contributed by atoms with Gasteiger partial charge in [0.1, 0.15) is 0 Å². The molecule has 0 N–H and O–H groups in total. The minimum absolute atomic E-state index is 0.128. The van der Waals surface area contributed by atoms with Gasteiger partial charge in [-0.1, -0.05) is 0 Å². The van der Waals surface area contributed by atoms with Gasteiger partial charge in [-0.25, -0.2) is 0 Å². The van der Waals surface area contributed by atoms with Gasteiger partial charge < -0.3 is 0 Å². The number of hydrogen-bond acceptors (Lipinski definition) is 2. The molecule has 0 radical (unpaired) electrons. The van der Waals surface area contributed by atoms with E-state index in [2.05, 4.69) is 14.4 Å². The molecule has 0 aromatic heterocycles. The van der Waals surface area contributed by atoms with Gasteiger partial charge in [-0.2, -0.15) is 0 Å². The predicted octanol–water partition coefficient (Wildman–Crippen LogP) is 0.154. The van der Waals surface area contributed by atoms with E-state index in [9.17, 15) is 4.79 Å². The molecule has 0 saturated carbocycles. The summed E-state index contributed by atoms with van der Waals surface area (Å²) < 4.78 is 0. The van der Waals surface area contributed by atoms with Crippen LogP contribution < -0.4 is 0 Å². The molecule has 0 aliphatic heterocycles. The van der Waals surface area contributed by atoms with Crippen molar-refractivity contribution in [2.45, 2.75) is 0 Å². The molecule has 0 fully saturated rings. The van der Waals surface area contributed by atoms with Gasteiger partial charge in [-0.3, -0.25) is 4.79 Å². The van der Waals surface area contributed by atoms with E-state index in [4.69, 9.17) is 4.91 Å². The first-order valence-electron chi connectivity index (χ1n) is 1.37. The number of carbonyl (C=O) groups is 1.